The molecular formula is C13H17NO5S. The van der Waals surface area contributed by atoms with Gasteiger partial charge in [0, 0.05) is 6.04 Å². The van der Waals surface area contributed by atoms with Crippen LogP contribution in [0.4, 0.5) is 0 Å². The van der Waals surface area contributed by atoms with Crippen LogP contribution in [-0.2, 0) is 10.0 Å². The van der Waals surface area contributed by atoms with Gasteiger partial charge in [-0.3, -0.25) is 0 Å². The van der Waals surface area contributed by atoms with Gasteiger partial charge in [-0.25, -0.2) is 17.9 Å². The van der Waals surface area contributed by atoms with Crippen LogP contribution in [0.5, 0.6) is 5.75 Å². The van der Waals surface area contributed by atoms with Crippen molar-refractivity contribution >= 4 is 16.0 Å². The predicted octanol–water partition coefficient (Wildman–Crippen LogP) is 1.47. The molecule has 1 fully saturated rings. The molecule has 0 saturated heterocycles. The third-order valence-electron chi connectivity index (χ3n) is 3.21. The highest BCUT2D eigenvalue weighted by atomic mass is 32.2. The van der Waals surface area contributed by atoms with E-state index in [4.69, 9.17) is 9.84 Å². The summed E-state index contributed by atoms with van der Waals surface area (Å²) in [5.41, 5.74) is -0.154. The summed E-state index contributed by atoms with van der Waals surface area (Å²) >= 11 is 0. The first-order valence-corrected chi connectivity index (χ1v) is 7.86. The Morgan fingerprint density at radius 2 is 2.15 bits per heavy atom. The van der Waals surface area contributed by atoms with Gasteiger partial charge in [0.2, 0.25) is 10.0 Å². The van der Waals surface area contributed by atoms with Crippen molar-refractivity contribution in [3.05, 3.63) is 23.8 Å². The molecule has 1 saturated carbocycles. The molecule has 6 nitrogen and oxygen atoms in total. The Hall–Kier alpha value is -1.60. The number of carbonyl (C=O) groups is 1. The van der Waals surface area contributed by atoms with E-state index < -0.39 is 16.0 Å². The number of benzene rings is 1. The van der Waals surface area contributed by atoms with Crippen molar-refractivity contribution in [1.29, 1.82) is 0 Å². The number of nitrogens with one attached hydrogen (secondary N) is 1. The van der Waals surface area contributed by atoms with Gasteiger partial charge in [0.05, 0.1) is 11.5 Å². The van der Waals surface area contributed by atoms with Crippen LogP contribution < -0.4 is 9.46 Å². The van der Waals surface area contributed by atoms with E-state index in [0.717, 1.165) is 12.5 Å². The summed E-state index contributed by atoms with van der Waals surface area (Å²) in [4.78, 5) is 11.1. The standard InChI is InChI=1S/C13H17NO5S/c1-3-19-12-5-4-9(7-10(12)13(15)16)20(17,18)14-11-6-8(11)2/h4-5,7-8,11,14H,3,6H2,1-2H3,(H,15,16). The SMILES string of the molecule is CCOc1ccc(S(=O)(=O)NC2CC2C)cc1C(=O)O. The summed E-state index contributed by atoms with van der Waals surface area (Å²) in [5, 5.41) is 9.12. The summed E-state index contributed by atoms with van der Waals surface area (Å²) in [6.07, 6.45) is 0.808. The first kappa shape index (κ1) is 14.8. The van der Waals surface area contributed by atoms with Crippen molar-refractivity contribution in [2.75, 3.05) is 6.61 Å². The monoisotopic (exact) mass is 299 g/mol. The number of ether oxygens (including phenoxy) is 1. The Kier molecular flexibility index (Phi) is 4.01. The van der Waals surface area contributed by atoms with Gasteiger partial charge in [0.1, 0.15) is 11.3 Å². The topological polar surface area (TPSA) is 92.7 Å². The molecule has 0 radical (unpaired) electrons. The van der Waals surface area contributed by atoms with E-state index in [-0.39, 0.29) is 22.3 Å². The lowest BCUT2D eigenvalue weighted by Crippen LogP contribution is -2.27. The quantitative estimate of drug-likeness (QED) is 0.829. The van der Waals surface area contributed by atoms with Gasteiger partial charge in [-0.1, -0.05) is 6.92 Å². The third-order valence-corrected chi connectivity index (χ3v) is 4.70. The van der Waals surface area contributed by atoms with E-state index in [1.165, 1.54) is 12.1 Å². The van der Waals surface area contributed by atoms with Crippen LogP contribution in [0, 0.1) is 5.92 Å². The highest BCUT2D eigenvalue weighted by molar-refractivity contribution is 7.89. The Morgan fingerprint density at radius 1 is 1.50 bits per heavy atom. The summed E-state index contributed by atoms with van der Waals surface area (Å²) in [5.74, 6) is -0.726. The van der Waals surface area contributed by atoms with E-state index >= 15 is 0 Å². The number of hydrogen-bond acceptors (Lipinski definition) is 4. The lowest BCUT2D eigenvalue weighted by atomic mass is 10.2. The van der Waals surface area contributed by atoms with Gasteiger partial charge in [0.15, 0.2) is 0 Å². The molecule has 2 N–H and O–H groups in total. The summed E-state index contributed by atoms with van der Waals surface area (Å²) in [6.45, 7) is 3.99. The Morgan fingerprint density at radius 3 is 2.65 bits per heavy atom. The maximum absolute atomic E-state index is 12.1. The van der Waals surface area contributed by atoms with E-state index in [9.17, 15) is 13.2 Å². The zero-order chi connectivity index (χ0) is 14.9. The van der Waals surface area contributed by atoms with Gasteiger partial charge in [-0.15, -0.1) is 0 Å². The molecule has 7 heteroatoms. The smallest absolute Gasteiger partial charge is 0.339 e. The number of carboxylic acid groups (broad SMARTS) is 1. The molecule has 0 aromatic heterocycles. The number of sulfonamides is 1. The molecule has 110 valence electrons. The minimum Gasteiger partial charge on any atom is -0.493 e. The maximum atomic E-state index is 12.1. The lowest BCUT2D eigenvalue weighted by Gasteiger charge is -2.10. The zero-order valence-corrected chi connectivity index (χ0v) is 12.1. The number of carboxylic acids is 1. The second-order valence-electron chi connectivity index (χ2n) is 4.84. The zero-order valence-electron chi connectivity index (χ0n) is 11.3. The molecule has 2 atom stereocenters. The summed E-state index contributed by atoms with van der Waals surface area (Å²) in [6, 6.07) is 3.80. The average Bonchev–Trinajstić information content (AvgIpc) is 3.04. The normalized spacial score (nSPS) is 21.5. The van der Waals surface area contributed by atoms with E-state index in [1.807, 2.05) is 6.92 Å². The van der Waals surface area contributed by atoms with Crippen LogP contribution in [0.25, 0.3) is 0 Å². The molecule has 2 rings (SSSR count). The van der Waals surface area contributed by atoms with Crippen molar-refractivity contribution < 1.29 is 23.1 Å². The van der Waals surface area contributed by atoms with Crippen LogP contribution >= 0.6 is 0 Å². The Bertz CT molecular complexity index is 626. The fraction of sp³-hybridized carbons (Fsp3) is 0.462. The molecular weight excluding hydrogens is 282 g/mol. The van der Waals surface area contributed by atoms with Crippen molar-refractivity contribution in [1.82, 2.24) is 4.72 Å². The first-order valence-electron chi connectivity index (χ1n) is 6.37. The van der Waals surface area contributed by atoms with Crippen LogP contribution in [0.1, 0.15) is 30.6 Å². The number of aromatic carboxylic acids is 1. The molecule has 1 aromatic rings. The average molecular weight is 299 g/mol. The van der Waals surface area contributed by atoms with Crippen molar-refractivity contribution in [2.45, 2.75) is 31.2 Å². The Labute approximate surface area is 117 Å². The molecule has 0 amide bonds. The minimum atomic E-state index is -3.69. The lowest BCUT2D eigenvalue weighted by molar-refractivity contribution is 0.0692. The van der Waals surface area contributed by atoms with Crippen molar-refractivity contribution in [3.63, 3.8) is 0 Å². The van der Waals surface area contributed by atoms with Gasteiger partial charge < -0.3 is 9.84 Å². The van der Waals surface area contributed by atoms with E-state index in [0.29, 0.717) is 12.5 Å². The second kappa shape index (κ2) is 5.41. The molecule has 1 aliphatic carbocycles. The molecule has 1 aliphatic rings. The number of hydrogen-bond donors (Lipinski definition) is 2. The summed E-state index contributed by atoms with van der Waals surface area (Å²) in [7, 11) is -3.69. The summed E-state index contributed by atoms with van der Waals surface area (Å²) < 4.78 is 32.0. The third kappa shape index (κ3) is 3.10. The molecule has 0 heterocycles. The maximum Gasteiger partial charge on any atom is 0.339 e. The number of rotatable bonds is 6. The highest BCUT2D eigenvalue weighted by Crippen LogP contribution is 2.31. The Balaban J connectivity index is 2.32. The molecule has 20 heavy (non-hydrogen) atoms. The molecule has 0 aliphatic heterocycles. The molecule has 2 unspecified atom stereocenters. The van der Waals surface area contributed by atoms with E-state index in [1.54, 1.807) is 6.92 Å². The molecule has 0 spiro atoms. The van der Waals surface area contributed by atoms with Gasteiger partial charge in [-0.05, 0) is 37.5 Å². The van der Waals surface area contributed by atoms with Crippen LogP contribution in [0.3, 0.4) is 0 Å². The minimum absolute atomic E-state index is 0.0557. The van der Waals surface area contributed by atoms with E-state index in [2.05, 4.69) is 4.72 Å². The van der Waals surface area contributed by atoms with Gasteiger partial charge in [0.25, 0.3) is 0 Å². The van der Waals surface area contributed by atoms with Crippen molar-refractivity contribution in [3.8, 4) is 5.75 Å². The predicted molar refractivity (Wildman–Crippen MR) is 72.5 cm³/mol. The highest BCUT2D eigenvalue weighted by Gasteiger charge is 2.36. The second-order valence-corrected chi connectivity index (χ2v) is 6.55. The van der Waals surface area contributed by atoms with Crippen LogP contribution in [0.15, 0.2) is 23.1 Å². The largest absolute Gasteiger partial charge is 0.493 e. The van der Waals surface area contributed by atoms with Crippen LogP contribution in [0.2, 0.25) is 0 Å². The van der Waals surface area contributed by atoms with Gasteiger partial charge >= 0.3 is 5.97 Å². The first-order chi connectivity index (χ1) is 9.35. The molecule has 1 aromatic carbocycles. The van der Waals surface area contributed by atoms with Crippen molar-refractivity contribution in [2.24, 2.45) is 5.92 Å². The van der Waals surface area contributed by atoms with Crippen LogP contribution in [-0.4, -0.2) is 32.1 Å². The fourth-order valence-corrected chi connectivity index (χ4v) is 3.26. The molecule has 0 bridgehead atoms. The van der Waals surface area contributed by atoms with Gasteiger partial charge in [-0.2, -0.15) is 0 Å². The fourth-order valence-electron chi connectivity index (χ4n) is 1.88.